The lowest BCUT2D eigenvalue weighted by Gasteiger charge is -2.03. The minimum absolute atomic E-state index is 0.213. The summed E-state index contributed by atoms with van der Waals surface area (Å²) in [7, 11) is 1.98. The normalized spacial score (nSPS) is 10.9. The zero-order chi connectivity index (χ0) is 12.5. The lowest BCUT2D eigenvalue weighted by molar-refractivity contribution is 0.465. The lowest BCUT2D eigenvalue weighted by Crippen LogP contribution is -2.00. The molecule has 0 saturated carbocycles. The number of para-hydroxylation sites is 2. The molecule has 1 aromatic carbocycles. The molecule has 0 fully saturated rings. The second kappa shape index (κ2) is 4.14. The van der Waals surface area contributed by atoms with Gasteiger partial charge in [0.15, 0.2) is 0 Å². The number of aromatic nitrogens is 3. The van der Waals surface area contributed by atoms with Gasteiger partial charge >= 0.3 is 0 Å². The summed E-state index contributed by atoms with van der Waals surface area (Å²) < 4.78 is 2.03. The van der Waals surface area contributed by atoms with Gasteiger partial charge in [0.1, 0.15) is 11.6 Å². The molecule has 2 heterocycles. The molecular formula is C14H13N3O. The highest BCUT2D eigenvalue weighted by molar-refractivity contribution is 5.75. The van der Waals surface area contributed by atoms with Crippen molar-refractivity contribution in [3.8, 4) is 5.75 Å². The average molecular weight is 239 g/mol. The molecule has 0 atom stereocenters. The largest absolute Gasteiger partial charge is 0.506 e. The SMILES string of the molecule is Cn1c(Cc2ncccc2O)nc2ccccc21. The highest BCUT2D eigenvalue weighted by atomic mass is 16.3. The Kier molecular flexibility index (Phi) is 2.48. The van der Waals surface area contributed by atoms with Crippen LogP contribution in [0.4, 0.5) is 0 Å². The summed E-state index contributed by atoms with van der Waals surface area (Å²) in [5, 5.41) is 9.74. The Labute approximate surface area is 105 Å². The van der Waals surface area contributed by atoms with Gasteiger partial charge < -0.3 is 9.67 Å². The van der Waals surface area contributed by atoms with Crippen molar-refractivity contribution in [2.24, 2.45) is 7.05 Å². The molecule has 0 bridgehead atoms. The van der Waals surface area contributed by atoms with Gasteiger partial charge in [0.05, 0.1) is 23.1 Å². The van der Waals surface area contributed by atoms with Crippen molar-refractivity contribution in [2.45, 2.75) is 6.42 Å². The number of benzene rings is 1. The fourth-order valence-corrected chi connectivity index (χ4v) is 2.07. The molecule has 2 aromatic heterocycles. The van der Waals surface area contributed by atoms with Crippen LogP contribution in [-0.2, 0) is 13.5 Å². The summed E-state index contributed by atoms with van der Waals surface area (Å²) in [5.41, 5.74) is 2.70. The van der Waals surface area contributed by atoms with E-state index < -0.39 is 0 Å². The topological polar surface area (TPSA) is 50.9 Å². The van der Waals surface area contributed by atoms with Crippen LogP contribution in [0, 0.1) is 0 Å². The van der Waals surface area contributed by atoms with Crippen molar-refractivity contribution in [3.63, 3.8) is 0 Å². The molecule has 3 aromatic rings. The van der Waals surface area contributed by atoms with Crippen LogP contribution in [0.15, 0.2) is 42.6 Å². The first kappa shape index (κ1) is 10.8. The zero-order valence-electron chi connectivity index (χ0n) is 10.0. The number of aromatic hydroxyl groups is 1. The van der Waals surface area contributed by atoms with Crippen molar-refractivity contribution in [1.29, 1.82) is 0 Å². The summed E-state index contributed by atoms with van der Waals surface area (Å²) in [4.78, 5) is 8.74. The van der Waals surface area contributed by atoms with Crippen molar-refractivity contribution in [1.82, 2.24) is 14.5 Å². The van der Waals surface area contributed by atoms with Crippen LogP contribution in [0.25, 0.3) is 11.0 Å². The molecule has 1 N–H and O–H groups in total. The van der Waals surface area contributed by atoms with Crippen LogP contribution in [0.2, 0.25) is 0 Å². The van der Waals surface area contributed by atoms with Crippen LogP contribution < -0.4 is 0 Å². The molecular weight excluding hydrogens is 226 g/mol. The first-order chi connectivity index (χ1) is 8.75. The fourth-order valence-electron chi connectivity index (χ4n) is 2.07. The number of aryl methyl sites for hydroxylation is 1. The highest BCUT2D eigenvalue weighted by Gasteiger charge is 2.10. The molecule has 0 radical (unpaired) electrons. The Hall–Kier alpha value is -2.36. The van der Waals surface area contributed by atoms with Crippen LogP contribution in [-0.4, -0.2) is 19.6 Å². The van der Waals surface area contributed by atoms with Gasteiger partial charge in [-0.2, -0.15) is 0 Å². The number of fused-ring (bicyclic) bond motifs is 1. The molecule has 0 aliphatic heterocycles. The summed E-state index contributed by atoms with van der Waals surface area (Å²) in [6.45, 7) is 0. The van der Waals surface area contributed by atoms with Gasteiger partial charge in [-0.1, -0.05) is 12.1 Å². The molecule has 90 valence electrons. The summed E-state index contributed by atoms with van der Waals surface area (Å²) in [6, 6.07) is 11.3. The van der Waals surface area contributed by atoms with E-state index in [2.05, 4.69) is 9.97 Å². The van der Waals surface area contributed by atoms with Gasteiger partial charge in [-0.25, -0.2) is 4.98 Å². The van der Waals surface area contributed by atoms with Crippen LogP contribution >= 0.6 is 0 Å². The average Bonchev–Trinajstić information content (AvgIpc) is 2.70. The minimum Gasteiger partial charge on any atom is -0.506 e. The first-order valence-electron chi connectivity index (χ1n) is 5.79. The van der Waals surface area contributed by atoms with E-state index in [4.69, 9.17) is 0 Å². The number of pyridine rings is 1. The Morgan fingerprint density at radius 1 is 1.17 bits per heavy atom. The zero-order valence-corrected chi connectivity index (χ0v) is 10.0. The van der Waals surface area contributed by atoms with Gasteiger partial charge in [-0.05, 0) is 24.3 Å². The first-order valence-corrected chi connectivity index (χ1v) is 5.79. The molecule has 0 spiro atoms. The molecule has 18 heavy (non-hydrogen) atoms. The third kappa shape index (κ3) is 1.72. The predicted octanol–water partition coefficient (Wildman–Crippen LogP) is 2.26. The summed E-state index contributed by atoms with van der Waals surface area (Å²) in [6.07, 6.45) is 2.20. The van der Waals surface area contributed by atoms with Crippen LogP contribution in [0.1, 0.15) is 11.5 Å². The molecule has 3 rings (SSSR count). The third-order valence-corrected chi connectivity index (χ3v) is 3.07. The minimum atomic E-state index is 0.213. The van der Waals surface area contributed by atoms with E-state index in [1.165, 1.54) is 0 Å². The van der Waals surface area contributed by atoms with E-state index in [1.807, 2.05) is 35.9 Å². The van der Waals surface area contributed by atoms with Gasteiger partial charge in [-0.3, -0.25) is 4.98 Å². The van der Waals surface area contributed by atoms with Crippen molar-refractivity contribution < 1.29 is 5.11 Å². The van der Waals surface area contributed by atoms with E-state index in [1.54, 1.807) is 18.3 Å². The van der Waals surface area contributed by atoms with Gasteiger partial charge in [0, 0.05) is 13.2 Å². The highest BCUT2D eigenvalue weighted by Crippen LogP contribution is 2.20. The molecule has 0 aliphatic rings. The number of rotatable bonds is 2. The van der Waals surface area contributed by atoms with Crippen LogP contribution in [0.3, 0.4) is 0 Å². The van der Waals surface area contributed by atoms with Gasteiger partial charge in [0.2, 0.25) is 0 Å². The molecule has 0 unspecified atom stereocenters. The van der Waals surface area contributed by atoms with Crippen molar-refractivity contribution in [3.05, 3.63) is 54.1 Å². The second-order valence-corrected chi connectivity index (χ2v) is 4.22. The lowest BCUT2D eigenvalue weighted by atomic mass is 10.2. The van der Waals surface area contributed by atoms with E-state index in [9.17, 15) is 5.11 Å². The monoisotopic (exact) mass is 239 g/mol. The molecule has 0 saturated heterocycles. The maximum atomic E-state index is 9.74. The van der Waals surface area contributed by atoms with E-state index in [-0.39, 0.29) is 5.75 Å². The summed E-state index contributed by atoms with van der Waals surface area (Å²) in [5.74, 6) is 1.11. The van der Waals surface area contributed by atoms with Gasteiger partial charge in [-0.15, -0.1) is 0 Å². The Morgan fingerprint density at radius 2 is 2.00 bits per heavy atom. The molecule has 0 aliphatic carbocycles. The van der Waals surface area contributed by atoms with E-state index in [0.717, 1.165) is 16.9 Å². The standard InChI is InChI=1S/C14H13N3O/c1-17-12-6-3-2-5-10(12)16-14(17)9-11-13(18)7-4-8-15-11/h2-8,18H,9H2,1H3. The Bertz CT molecular complexity index is 703. The number of imidazole rings is 1. The molecule has 0 amide bonds. The number of hydrogen-bond donors (Lipinski definition) is 1. The predicted molar refractivity (Wildman–Crippen MR) is 69.4 cm³/mol. The smallest absolute Gasteiger partial charge is 0.137 e. The van der Waals surface area contributed by atoms with Crippen molar-refractivity contribution in [2.75, 3.05) is 0 Å². The Balaban J connectivity index is 2.06. The maximum Gasteiger partial charge on any atom is 0.137 e. The maximum absolute atomic E-state index is 9.74. The quantitative estimate of drug-likeness (QED) is 0.746. The second-order valence-electron chi connectivity index (χ2n) is 4.22. The van der Waals surface area contributed by atoms with E-state index in [0.29, 0.717) is 12.1 Å². The number of hydrogen-bond acceptors (Lipinski definition) is 3. The Morgan fingerprint density at radius 3 is 2.78 bits per heavy atom. The molecule has 4 heteroatoms. The third-order valence-electron chi connectivity index (χ3n) is 3.07. The molecule has 4 nitrogen and oxygen atoms in total. The van der Waals surface area contributed by atoms with Crippen molar-refractivity contribution >= 4 is 11.0 Å². The van der Waals surface area contributed by atoms with Crippen LogP contribution in [0.5, 0.6) is 5.75 Å². The summed E-state index contributed by atoms with van der Waals surface area (Å²) >= 11 is 0. The number of nitrogens with zero attached hydrogens (tertiary/aromatic N) is 3. The van der Waals surface area contributed by atoms with E-state index >= 15 is 0 Å². The fraction of sp³-hybridized carbons (Fsp3) is 0.143. The van der Waals surface area contributed by atoms with Gasteiger partial charge in [0.25, 0.3) is 0 Å².